The molecule has 49 heavy (non-hydrogen) atoms. The second-order valence-corrected chi connectivity index (χ2v) is 11.5. The average Bonchev–Trinajstić information content (AvgIpc) is 3.10. The van der Waals surface area contributed by atoms with Crippen LogP contribution in [0.3, 0.4) is 0 Å². The summed E-state index contributed by atoms with van der Waals surface area (Å²) in [6.45, 7) is 4.89. The molecule has 0 aliphatic rings. The molecule has 0 bridgehead atoms. The maximum atomic E-state index is 13.8. The molecule has 0 aliphatic heterocycles. The number of hydrogen-bond acceptors (Lipinski definition) is 12. The van der Waals surface area contributed by atoms with Crippen molar-refractivity contribution in [2.45, 2.75) is 19.0 Å². The third-order valence-corrected chi connectivity index (χ3v) is 7.32. The normalized spacial score (nSPS) is 11.0. The van der Waals surface area contributed by atoms with Gasteiger partial charge in [0.2, 0.25) is 11.1 Å². The Morgan fingerprint density at radius 2 is 1.29 bits per heavy atom. The van der Waals surface area contributed by atoms with Crippen LogP contribution in [-0.2, 0) is 23.3 Å². The number of aryl methyl sites for hydroxylation is 2. The minimum atomic E-state index is -0.556. The van der Waals surface area contributed by atoms with Gasteiger partial charge in [-0.1, -0.05) is 38.1 Å². The molecule has 1 N–H and O–H groups in total. The highest BCUT2D eigenvalue weighted by Gasteiger charge is 2.15. The van der Waals surface area contributed by atoms with Gasteiger partial charge in [0, 0.05) is 43.8 Å². The van der Waals surface area contributed by atoms with Crippen molar-refractivity contribution in [3.63, 3.8) is 0 Å². The molecule has 0 fully saturated rings. The van der Waals surface area contributed by atoms with Crippen molar-refractivity contribution in [2.75, 3.05) is 19.0 Å². The molecule has 0 spiro atoms. The summed E-state index contributed by atoms with van der Waals surface area (Å²) in [4.78, 5) is 46.3. The third-order valence-electron chi connectivity index (χ3n) is 6.77. The SMILES string of the molecule is CC(C)CNc1ncc2cc(Oc3ccccc3F)c(=O)n(C)c2n1.COOSc1ncc2cc(Oc3ccccc3F)c(=O)n(C)c2n1. The number of ether oxygens (including phenoxy) is 2. The zero-order valence-electron chi connectivity index (χ0n) is 27.0. The number of rotatable bonds is 10. The molecule has 2 aromatic carbocycles. The number of benzene rings is 2. The first kappa shape index (κ1) is 34.9. The number of hydrogen-bond donors (Lipinski definition) is 1. The van der Waals surface area contributed by atoms with Crippen LogP contribution in [0, 0.1) is 17.6 Å². The van der Waals surface area contributed by atoms with Crippen LogP contribution in [0.15, 0.2) is 87.8 Å². The van der Waals surface area contributed by atoms with Gasteiger partial charge < -0.3 is 14.8 Å². The number of fused-ring (bicyclic) bond motifs is 2. The zero-order chi connectivity index (χ0) is 35.1. The number of aromatic nitrogens is 6. The highest BCUT2D eigenvalue weighted by Crippen LogP contribution is 2.26. The van der Waals surface area contributed by atoms with Crippen LogP contribution in [0.4, 0.5) is 14.7 Å². The summed E-state index contributed by atoms with van der Waals surface area (Å²) >= 11 is 0.818. The lowest BCUT2D eigenvalue weighted by Gasteiger charge is -2.11. The first-order chi connectivity index (χ1) is 23.5. The van der Waals surface area contributed by atoms with Crippen LogP contribution >= 0.6 is 12.0 Å². The highest BCUT2D eigenvalue weighted by molar-refractivity contribution is 7.94. The Kier molecular flexibility index (Phi) is 11.1. The molecule has 0 radical (unpaired) electrons. The summed E-state index contributed by atoms with van der Waals surface area (Å²) in [5.74, 6) is -0.225. The van der Waals surface area contributed by atoms with Crippen LogP contribution in [0.25, 0.3) is 22.1 Å². The second-order valence-electron chi connectivity index (χ2n) is 10.8. The Bertz CT molecular complexity index is 2230. The first-order valence-corrected chi connectivity index (χ1v) is 15.5. The number of anilines is 1. The van der Waals surface area contributed by atoms with Crippen LogP contribution in [-0.4, -0.2) is 42.7 Å². The zero-order valence-corrected chi connectivity index (χ0v) is 27.8. The number of nitrogens with one attached hydrogen (secondary N) is 1. The van der Waals surface area contributed by atoms with E-state index in [1.807, 2.05) is 0 Å². The van der Waals surface area contributed by atoms with E-state index in [1.165, 1.54) is 72.0 Å². The molecule has 0 aliphatic carbocycles. The standard InChI is InChI=1S/C18H19FN4O2.C15H12FN3O4S/c1-11(2)9-20-18-21-10-12-8-15(17(24)23(3)16(12)22-18)25-14-7-5-4-6-13(14)19;1-19-13-9(8-17-15(18-13)24-23-21-2)7-12(14(19)20)22-11-6-4-3-5-10(11)16/h4-8,10-11H,9H2,1-3H3,(H,20,21,22);3-8H,1-2H3. The van der Waals surface area contributed by atoms with Gasteiger partial charge in [-0.2, -0.15) is 9.32 Å². The lowest BCUT2D eigenvalue weighted by atomic mass is 10.2. The average molecular weight is 692 g/mol. The summed E-state index contributed by atoms with van der Waals surface area (Å²) in [5, 5.41) is 4.59. The van der Waals surface area contributed by atoms with E-state index in [1.54, 1.807) is 31.4 Å². The molecule has 254 valence electrons. The predicted molar refractivity (Wildman–Crippen MR) is 180 cm³/mol. The van der Waals surface area contributed by atoms with Crippen LogP contribution in [0.2, 0.25) is 0 Å². The lowest BCUT2D eigenvalue weighted by Crippen LogP contribution is -2.20. The molecular weight excluding hydrogens is 660 g/mol. The van der Waals surface area contributed by atoms with E-state index in [-0.39, 0.29) is 28.2 Å². The Morgan fingerprint density at radius 3 is 1.80 bits per heavy atom. The number of para-hydroxylation sites is 2. The second kappa shape index (κ2) is 15.6. The molecular formula is C33H31F2N7O6S. The quantitative estimate of drug-likeness (QED) is 0.0759. The van der Waals surface area contributed by atoms with Gasteiger partial charge >= 0.3 is 0 Å². The van der Waals surface area contributed by atoms with Gasteiger partial charge in [-0.3, -0.25) is 18.7 Å². The first-order valence-electron chi connectivity index (χ1n) is 14.7. The van der Waals surface area contributed by atoms with Gasteiger partial charge in [0.15, 0.2) is 34.6 Å². The lowest BCUT2D eigenvalue weighted by molar-refractivity contribution is -0.160. The highest BCUT2D eigenvalue weighted by atomic mass is 32.2. The maximum absolute atomic E-state index is 13.8. The van der Waals surface area contributed by atoms with Gasteiger partial charge in [-0.15, -0.1) is 0 Å². The summed E-state index contributed by atoms with van der Waals surface area (Å²) in [6, 6.07) is 14.8. The van der Waals surface area contributed by atoms with Crippen molar-refractivity contribution in [1.29, 1.82) is 0 Å². The summed E-state index contributed by atoms with van der Waals surface area (Å²) in [7, 11) is 4.49. The van der Waals surface area contributed by atoms with E-state index in [9.17, 15) is 18.4 Å². The fourth-order valence-electron chi connectivity index (χ4n) is 4.34. The molecule has 16 heteroatoms. The molecule has 0 saturated heterocycles. The summed E-state index contributed by atoms with van der Waals surface area (Å²) in [5.41, 5.74) is 0.0163. The van der Waals surface area contributed by atoms with E-state index in [0.717, 1.165) is 18.6 Å². The maximum Gasteiger partial charge on any atom is 0.294 e. The Morgan fingerprint density at radius 1 is 0.776 bits per heavy atom. The number of halogens is 2. The Labute approximate surface area is 282 Å². The van der Waals surface area contributed by atoms with Gasteiger partial charge in [0.05, 0.1) is 7.11 Å². The third kappa shape index (κ3) is 8.35. The van der Waals surface area contributed by atoms with Crippen LogP contribution < -0.4 is 25.9 Å². The van der Waals surface area contributed by atoms with Gasteiger partial charge in [-0.05, 0) is 42.3 Å². The van der Waals surface area contributed by atoms with Crippen molar-refractivity contribution in [1.82, 2.24) is 29.1 Å². The van der Waals surface area contributed by atoms with Crippen LogP contribution in [0.5, 0.6) is 23.0 Å². The fourth-order valence-corrected chi connectivity index (χ4v) is 4.69. The molecule has 0 amide bonds. The van der Waals surface area contributed by atoms with E-state index < -0.39 is 22.8 Å². The Hall–Kier alpha value is -5.45. The molecule has 0 saturated carbocycles. The fraction of sp³-hybridized carbons (Fsp3) is 0.212. The van der Waals surface area contributed by atoms with Gasteiger partial charge in [0.25, 0.3) is 11.1 Å². The molecule has 6 aromatic rings. The molecule has 4 aromatic heterocycles. The van der Waals surface area contributed by atoms with E-state index in [2.05, 4.69) is 44.0 Å². The van der Waals surface area contributed by atoms with Crippen molar-refractivity contribution in [2.24, 2.45) is 20.0 Å². The van der Waals surface area contributed by atoms with Crippen molar-refractivity contribution >= 4 is 40.1 Å². The monoisotopic (exact) mass is 691 g/mol. The van der Waals surface area contributed by atoms with E-state index in [0.29, 0.717) is 33.9 Å². The Balaban J connectivity index is 0.000000191. The molecule has 6 rings (SSSR count). The predicted octanol–water partition coefficient (Wildman–Crippen LogP) is 6.17. The van der Waals surface area contributed by atoms with Crippen molar-refractivity contribution < 1.29 is 27.5 Å². The minimum absolute atomic E-state index is 0.00455. The largest absolute Gasteiger partial charge is 0.448 e. The van der Waals surface area contributed by atoms with Crippen molar-refractivity contribution in [3.05, 3.63) is 105 Å². The number of pyridine rings is 2. The van der Waals surface area contributed by atoms with Gasteiger partial charge in [0.1, 0.15) is 23.3 Å². The van der Waals surface area contributed by atoms with Gasteiger partial charge in [-0.25, -0.2) is 28.6 Å². The summed E-state index contributed by atoms with van der Waals surface area (Å²) in [6.07, 6.45) is 3.12. The molecule has 4 heterocycles. The topological polar surface area (TPSA) is 145 Å². The summed E-state index contributed by atoms with van der Waals surface area (Å²) < 4.78 is 45.7. The minimum Gasteiger partial charge on any atom is -0.448 e. The van der Waals surface area contributed by atoms with Crippen molar-refractivity contribution in [3.8, 4) is 23.0 Å². The van der Waals surface area contributed by atoms with Crippen LogP contribution in [0.1, 0.15) is 13.8 Å². The molecule has 13 nitrogen and oxygen atoms in total. The van der Waals surface area contributed by atoms with E-state index >= 15 is 0 Å². The molecule has 0 atom stereocenters. The smallest absolute Gasteiger partial charge is 0.294 e. The molecule has 0 unspecified atom stereocenters. The number of nitrogens with zero attached hydrogens (tertiary/aromatic N) is 6. The van der Waals surface area contributed by atoms with E-state index in [4.69, 9.17) is 13.8 Å².